The minimum Gasteiger partial charge on any atom is -0.493 e. The van der Waals surface area contributed by atoms with Crippen LogP contribution in [0.4, 0.5) is 10.1 Å². The van der Waals surface area contributed by atoms with Gasteiger partial charge in [-0.15, -0.1) is 0 Å². The SMILES string of the molecule is COc1cc(-c2cc3n(C)c(C)c(CCC(=O)Nc4cccc(F)c4)c(=O)n3n2)cc(OC)c1OC. The number of aryl methyl sites for hydroxylation is 1. The second kappa shape index (κ2) is 10.1. The number of hydrogen-bond acceptors (Lipinski definition) is 6. The molecule has 2 aromatic carbocycles. The number of nitrogens with zero attached hydrogens (tertiary/aromatic N) is 3. The van der Waals surface area contributed by atoms with Crippen molar-refractivity contribution < 1.29 is 23.4 Å². The number of rotatable bonds is 8. The zero-order chi connectivity index (χ0) is 26.0. The van der Waals surface area contributed by atoms with Gasteiger partial charge in [0, 0.05) is 42.0 Å². The molecule has 36 heavy (non-hydrogen) atoms. The molecule has 4 aromatic rings. The van der Waals surface area contributed by atoms with E-state index in [0.717, 1.165) is 5.69 Å². The lowest BCUT2D eigenvalue weighted by Gasteiger charge is -2.13. The van der Waals surface area contributed by atoms with E-state index >= 15 is 0 Å². The number of amides is 1. The zero-order valence-electron chi connectivity index (χ0n) is 20.7. The number of ether oxygens (including phenoxy) is 3. The minimum atomic E-state index is -0.440. The van der Waals surface area contributed by atoms with Crippen molar-refractivity contribution in [2.24, 2.45) is 7.05 Å². The molecule has 0 aliphatic carbocycles. The predicted molar refractivity (Wildman–Crippen MR) is 134 cm³/mol. The standard InChI is InChI=1S/C26H27FN4O5/c1-15-19(9-10-23(32)28-18-8-6-7-17(27)13-18)26(33)31-24(30(15)2)14-20(29-31)16-11-21(34-3)25(36-5)22(12-16)35-4/h6-8,11-14H,9-10H2,1-5H3,(H,28,32). The number of benzene rings is 2. The summed E-state index contributed by atoms with van der Waals surface area (Å²) >= 11 is 0. The third kappa shape index (κ3) is 4.61. The van der Waals surface area contributed by atoms with Gasteiger partial charge in [-0.1, -0.05) is 6.07 Å². The maximum atomic E-state index is 13.4. The predicted octanol–water partition coefficient (Wildman–Crippen LogP) is 3.74. The van der Waals surface area contributed by atoms with Gasteiger partial charge in [0.1, 0.15) is 11.5 Å². The van der Waals surface area contributed by atoms with Crippen molar-refractivity contribution in [1.82, 2.24) is 14.2 Å². The van der Waals surface area contributed by atoms with Gasteiger partial charge < -0.3 is 24.1 Å². The van der Waals surface area contributed by atoms with Gasteiger partial charge in [-0.05, 0) is 43.7 Å². The Morgan fingerprint density at radius 1 is 1.06 bits per heavy atom. The first-order valence-corrected chi connectivity index (χ1v) is 11.2. The molecule has 2 aromatic heterocycles. The molecule has 0 spiro atoms. The lowest BCUT2D eigenvalue weighted by atomic mass is 10.1. The fraction of sp³-hybridized carbons (Fsp3) is 0.269. The summed E-state index contributed by atoms with van der Waals surface area (Å²) in [5.41, 5.74) is 3.07. The van der Waals surface area contributed by atoms with Crippen LogP contribution in [0.5, 0.6) is 17.2 Å². The summed E-state index contributed by atoms with van der Waals surface area (Å²) in [4.78, 5) is 25.8. The number of nitrogens with one attached hydrogen (secondary N) is 1. The third-order valence-electron chi connectivity index (χ3n) is 6.10. The van der Waals surface area contributed by atoms with Gasteiger partial charge in [0.2, 0.25) is 11.7 Å². The van der Waals surface area contributed by atoms with Gasteiger partial charge in [0.25, 0.3) is 5.56 Å². The molecule has 188 valence electrons. The topological polar surface area (TPSA) is 96.1 Å². The van der Waals surface area contributed by atoms with Crippen molar-refractivity contribution in [1.29, 1.82) is 0 Å². The van der Waals surface area contributed by atoms with Gasteiger partial charge in [-0.25, -0.2) is 4.39 Å². The molecule has 9 nitrogen and oxygen atoms in total. The molecule has 10 heteroatoms. The summed E-state index contributed by atoms with van der Waals surface area (Å²) in [6, 6.07) is 11.0. The summed E-state index contributed by atoms with van der Waals surface area (Å²) in [6.07, 6.45) is 0.258. The molecule has 0 unspecified atom stereocenters. The Kier molecular flexibility index (Phi) is 6.96. The van der Waals surface area contributed by atoms with E-state index in [4.69, 9.17) is 14.2 Å². The second-order valence-electron chi connectivity index (χ2n) is 8.20. The molecular formula is C26H27FN4O5. The fourth-order valence-electron chi connectivity index (χ4n) is 4.10. The van der Waals surface area contributed by atoms with Gasteiger partial charge in [-0.2, -0.15) is 9.61 Å². The van der Waals surface area contributed by atoms with Crippen LogP contribution >= 0.6 is 0 Å². The lowest BCUT2D eigenvalue weighted by Crippen LogP contribution is -2.26. The summed E-state index contributed by atoms with van der Waals surface area (Å²) in [7, 11) is 6.42. The van der Waals surface area contributed by atoms with Crippen molar-refractivity contribution in [3.8, 4) is 28.5 Å². The Bertz CT molecular complexity index is 1480. The van der Waals surface area contributed by atoms with Crippen molar-refractivity contribution in [3.63, 3.8) is 0 Å². The summed E-state index contributed by atoms with van der Waals surface area (Å²) < 4.78 is 32.8. The normalized spacial score (nSPS) is 10.9. The smallest absolute Gasteiger partial charge is 0.277 e. The Hall–Kier alpha value is -4.34. The highest BCUT2D eigenvalue weighted by Gasteiger charge is 2.19. The van der Waals surface area contributed by atoms with Gasteiger partial charge in [0.05, 0.1) is 27.0 Å². The van der Waals surface area contributed by atoms with E-state index in [0.29, 0.717) is 45.4 Å². The molecule has 0 fully saturated rings. The molecule has 1 N–H and O–H groups in total. The molecule has 0 aliphatic rings. The van der Waals surface area contributed by atoms with Gasteiger partial charge in [0.15, 0.2) is 11.5 Å². The van der Waals surface area contributed by atoms with Crippen LogP contribution in [0.25, 0.3) is 16.9 Å². The zero-order valence-corrected chi connectivity index (χ0v) is 20.7. The Labute approximate surface area is 207 Å². The number of aromatic nitrogens is 3. The number of fused-ring (bicyclic) bond motifs is 1. The Morgan fingerprint density at radius 2 is 1.75 bits per heavy atom. The molecule has 0 radical (unpaired) electrons. The fourth-order valence-corrected chi connectivity index (χ4v) is 4.10. The van der Waals surface area contributed by atoms with Crippen LogP contribution in [0.1, 0.15) is 17.7 Å². The van der Waals surface area contributed by atoms with Crippen molar-refractivity contribution in [2.75, 3.05) is 26.6 Å². The number of hydrogen-bond donors (Lipinski definition) is 1. The molecule has 2 heterocycles. The molecule has 0 aliphatic heterocycles. The number of carbonyl (C=O) groups excluding carboxylic acids is 1. The molecule has 4 rings (SSSR count). The largest absolute Gasteiger partial charge is 0.493 e. The maximum absolute atomic E-state index is 13.4. The van der Waals surface area contributed by atoms with E-state index in [1.54, 1.807) is 24.3 Å². The van der Waals surface area contributed by atoms with E-state index < -0.39 is 5.82 Å². The molecule has 0 atom stereocenters. The second-order valence-corrected chi connectivity index (χ2v) is 8.20. The highest BCUT2D eigenvalue weighted by atomic mass is 19.1. The highest BCUT2D eigenvalue weighted by molar-refractivity contribution is 5.90. The average molecular weight is 495 g/mol. The first-order valence-electron chi connectivity index (χ1n) is 11.2. The molecule has 0 bridgehead atoms. The van der Waals surface area contributed by atoms with Gasteiger partial charge >= 0.3 is 0 Å². The summed E-state index contributed by atoms with van der Waals surface area (Å²) in [5.74, 6) is 0.635. The molecular weight excluding hydrogens is 467 g/mol. The van der Waals surface area contributed by atoms with Crippen LogP contribution in [0, 0.1) is 12.7 Å². The monoisotopic (exact) mass is 494 g/mol. The maximum Gasteiger partial charge on any atom is 0.277 e. The minimum absolute atomic E-state index is 0.0547. The van der Waals surface area contributed by atoms with E-state index in [1.165, 1.54) is 44.0 Å². The van der Waals surface area contributed by atoms with Crippen LogP contribution in [0.2, 0.25) is 0 Å². The third-order valence-corrected chi connectivity index (χ3v) is 6.10. The van der Waals surface area contributed by atoms with Crippen LogP contribution in [0.15, 0.2) is 47.3 Å². The quantitative estimate of drug-likeness (QED) is 0.401. The van der Waals surface area contributed by atoms with Crippen LogP contribution in [0.3, 0.4) is 0 Å². The van der Waals surface area contributed by atoms with Crippen molar-refractivity contribution in [3.05, 3.63) is 69.9 Å². The van der Waals surface area contributed by atoms with E-state index in [9.17, 15) is 14.0 Å². The lowest BCUT2D eigenvalue weighted by molar-refractivity contribution is -0.116. The van der Waals surface area contributed by atoms with Crippen LogP contribution in [-0.2, 0) is 18.3 Å². The van der Waals surface area contributed by atoms with Gasteiger partial charge in [-0.3, -0.25) is 9.59 Å². The van der Waals surface area contributed by atoms with E-state index in [-0.39, 0.29) is 24.3 Å². The highest BCUT2D eigenvalue weighted by Crippen LogP contribution is 2.41. The van der Waals surface area contributed by atoms with Crippen molar-refractivity contribution in [2.45, 2.75) is 19.8 Å². The first-order chi connectivity index (χ1) is 17.3. The summed E-state index contributed by atoms with van der Waals surface area (Å²) in [5, 5.41) is 7.20. The number of methoxy groups -OCH3 is 3. The van der Waals surface area contributed by atoms with Crippen LogP contribution in [-0.4, -0.2) is 41.4 Å². The van der Waals surface area contributed by atoms with E-state index in [1.807, 2.05) is 18.5 Å². The summed E-state index contributed by atoms with van der Waals surface area (Å²) in [6.45, 7) is 1.83. The van der Waals surface area contributed by atoms with Crippen molar-refractivity contribution >= 4 is 17.2 Å². The Balaban J connectivity index is 1.67. The number of halogens is 1. The Morgan fingerprint density at radius 3 is 2.36 bits per heavy atom. The number of carbonyl (C=O) groups is 1. The van der Waals surface area contributed by atoms with Crippen LogP contribution < -0.4 is 25.1 Å². The molecule has 1 amide bonds. The van der Waals surface area contributed by atoms with E-state index in [2.05, 4.69) is 10.4 Å². The average Bonchev–Trinajstić information content (AvgIpc) is 3.32. The molecule has 0 saturated heterocycles. The molecule has 0 saturated carbocycles. The first kappa shape index (κ1) is 24.8. The number of anilines is 1.